The number of hydrogen-bond donors (Lipinski definition) is 0. The molecule has 1 aromatic rings. The highest BCUT2D eigenvalue weighted by atomic mass is 32.2. The van der Waals surface area contributed by atoms with Crippen LogP contribution in [-0.4, -0.2) is 60.4 Å². The molecule has 1 aromatic heterocycles. The van der Waals surface area contributed by atoms with Crippen molar-refractivity contribution < 1.29 is 13.2 Å². The molecule has 2 aliphatic rings. The van der Waals surface area contributed by atoms with Crippen molar-refractivity contribution in [3.05, 3.63) is 16.1 Å². The third-order valence-electron chi connectivity index (χ3n) is 4.81. The average molecular weight is 358 g/mol. The van der Waals surface area contributed by atoms with Gasteiger partial charge < -0.3 is 4.90 Å². The fourth-order valence-electron chi connectivity index (χ4n) is 3.67. The van der Waals surface area contributed by atoms with Crippen molar-refractivity contribution in [1.29, 1.82) is 0 Å². The standard InChI is InChI=1S/C15H23N3O3S2/c1-11-9-17(7-8-18(11)23(2,20)21)15(19)14-13(16-10-22-14)12-5-3-4-6-12/h10-12H,3-9H2,1-2H3/t11-/m0/s1. The normalized spacial score (nSPS) is 24.3. The van der Waals surface area contributed by atoms with Gasteiger partial charge in [0.2, 0.25) is 10.0 Å². The number of rotatable bonds is 3. The second kappa shape index (κ2) is 6.49. The highest BCUT2D eigenvalue weighted by Gasteiger charge is 2.34. The van der Waals surface area contributed by atoms with Crippen LogP contribution < -0.4 is 0 Å². The molecule has 1 atom stereocenters. The number of hydrogen-bond acceptors (Lipinski definition) is 5. The Balaban J connectivity index is 1.74. The van der Waals surface area contributed by atoms with E-state index in [4.69, 9.17) is 0 Å². The van der Waals surface area contributed by atoms with Crippen molar-refractivity contribution in [3.8, 4) is 0 Å². The van der Waals surface area contributed by atoms with Crippen molar-refractivity contribution in [3.63, 3.8) is 0 Å². The minimum Gasteiger partial charge on any atom is -0.335 e. The van der Waals surface area contributed by atoms with Gasteiger partial charge in [-0.25, -0.2) is 13.4 Å². The van der Waals surface area contributed by atoms with Gasteiger partial charge in [-0.05, 0) is 19.8 Å². The molecule has 1 aliphatic heterocycles. The molecule has 1 amide bonds. The van der Waals surface area contributed by atoms with Gasteiger partial charge in [-0.2, -0.15) is 4.31 Å². The van der Waals surface area contributed by atoms with Crippen molar-refractivity contribution in [2.75, 3.05) is 25.9 Å². The lowest BCUT2D eigenvalue weighted by atomic mass is 10.0. The van der Waals surface area contributed by atoms with Gasteiger partial charge in [0.15, 0.2) is 0 Å². The molecular formula is C15H23N3O3S2. The van der Waals surface area contributed by atoms with E-state index in [2.05, 4.69) is 4.98 Å². The van der Waals surface area contributed by atoms with E-state index in [0.29, 0.717) is 25.6 Å². The SMILES string of the molecule is C[C@H]1CN(C(=O)c2scnc2C2CCCC2)CCN1S(C)(=O)=O. The molecule has 6 nitrogen and oxygen atoms in total. The molecule has 8 heteroatoms. The second-order valence-electron chi connectivity index (χ2n) is 6.52. The molecule has 2 fully saturated rings. The fourth-order valence-corrected chi connectivity index (χ4v) is 5.64. The van der Waals surface area contributed by atoms with Crippen LogP contribution in [0, 0.1) is 0 Å². The summed E-state index contributed by atoms with van der Waals surface area (Å²) in [6.45, 7) is 3.10. The van der Waals surface area contributed by atoms with Crippen molar-refractivity contribution in [1.82, 2.24) is 14.2 Å². The molecule has 0 N–H and O–H groups in total. The van der Waals surface area contributed by atoms with E-state index < -0.39 is 10.0 Å². The van der Waals surface area contributed by atoms with Gasteiger partial charge in [0.25, 0.3) is 5.91 Å². The Hall–Kier alpha value is -0.990. The van der Waals surface area contributed by atoms with Crippen LogP contribution in [0.15, 0.2) is 5.51 Å². The highest BCUT2D eigenvalue weighted by molar-refractivity contribution is 7.88. The van der Waals surface area contributed by atoms with Crippen LogP contribution in [0.25, 0.3) is 0 Å². The number of aromatic nitrogens is 1. The van der Waals surface area contributed by atoms with E-state index in [-0.39, 0.29) is 11.9 Å². The first-order chi connectivity index (χ1) is 10.9. The minimum absolute atomic E-state index is 0.00870. The van der Waals surface area contributed by atoms with E-state index in [1.807, 2.05) is 6.92 Å². The quantitative estimate of drug-likeness (QED) is 0.828. The van der Waals surface area contributed by atoms with Gasteiger partial charge in [-0.3, -0.25) is 4.79 Å². The Morgan fingerprint density at radius 3 is 2.61 bits per heavy atom. The molecular weight excluding hydrogens is 334 g/mol. The van der Waals surface area contributed by atoms with Crippen molar-refractivity contribution in [2.45, 2.75) is 44.6 Å². The summed E-state index contributed by atoms with van der Waals surface area (Å²) in [6, 6.07) is -0.189. The van der Waals surface area contributed by atoms with Crippen molar-refractivity contribution >= 4 is 27.3 Å². The van der Waals surface area contributed by atoms with Crippen LogP contribution in [-0.2, 0) is 10.0 Å². The highest BCUT2D eigenvalue weighted by Crippen LogP contribution is 2.36. The Labute approximate surface area is 141 Å². The maximum absolute atomic E-state index is 12.9. The molecule has 1 saturated heterocycles. The summed E-state index contributed by atoms with van der Waals surface area (Å²) in [5.74, 6) is 0.421. The predicted molar refractivity (Wildman–Crippen MR) is 90.2 cm³/mol. The summed E-state index contributed by atoms with van der Waals surface area (Å²) in [7, 11) is -3.21. The van der Waals surface area contributed by atoms with E-state index in [1.54, 1.807) is 10.4 Å². The zero-order chi connectivity index (χ0) is 16.6. The lowest BCUT2D eigenvalue weighted by molar-refractivity contribution is 0.0646. The zero-order valence-corrected chi connectivity index (χ0v) is 15.2. The van der Waals surface area contributed by atoms with Gasteiger partial charge in [0.05, 0.1) is 17.5 Å². The molecule has 0 spiro atoms. The predicted octanol–water partition coefficient (Wildman–Crippen LogP) is 1.91. The number of carbonyl (C=O) groups is 1. The number of thiazole rings is 1. The summed E-state index contributed by atoms with van der Waals surface area (Å²) < 4.78 is 25.0. The smallest absolute Gasteiger partial charge is 0.265 e. The van der Waals surface area contributed by atoms with Crippen LogP contribution in [0.2, 0.25) is 0 Å². The largest absolute Gasteiger partial charge is 0.335 e. The third kappa shape index (κ3) is 3.44. The summed E-state index contributed by atoms with van der Waals surface area (Å²) in [6.07, 6.45) is 5.87. The van der Waals surface area contributed by atoms with E-state index in [1.165, 1.54) is 34.7 Å². The van der Waals surface area contributed by atoms with Crippen LogP contribution >= 0.6 is 11.3 Å². The molecule has 1 saturated carbocycles. The van der Waals surface area contributed by atoms with Gasteiger partial charge in [0.1, 0.15) is 4.88 Å². The first-order valence-corrected chi connectivity index (χ1v) is 10.8. The van der Waals surface area contributed by atoms with Gasteiger partial charge >= 0.3 is 0 Å². The van der Waals surface area contributed by atoms with E-state index in [9.17, 15) is 13.2 Å². The molecule has 0 aromatic carbocycles. The monoisotopic (exact) mass is 357 g/mol. The lowest BCUT2D eigenvalue weighted by Crippen LogP contribution is -2.55. The van der Waals surface area contributed by atoms with Crippen molar-refractivity contribution in [2.24, 2.45) is 0 Å². The molecule has 0 radical (unpaired) electrons. The minimum atomic E-state index is -3.21. The van der Waals surface area contributed by atoms with Crippen LogP contribution in [0.5, 0.6) is 0 Å². The first-order valence-electron chi connectivity index (χ1n) is 8.07. The molecule has 0 bridgehead atoms. The number of piperazine rings is 1. The molecule has 0 unspecified atom stereocenters. The second-order valence-corrected chi connectivity index (χ2v) is 9.31. The summed E-state index contributed by atoms with van der Waals surface area (Å²) >= 11 is 1.41. The van der Waals surface area contributed by atoms with Crippen LogP contribution in [0.3, 0.4) is 0 Å². The number of carbonyl (C=O) groups excluding carboxylic acids is 1. The van der Waals surface area contributed by atoms with Gasteiger partial charge in [-0.15, -0.1) is 11.3 Å². The fraction of sp³-hybridized carbons (Fsp3) is 0.733. The molecule has 1 aliphatic carbocycles. The van der Waals surface area contributed by atoms with E-state index in [0.717, 1.165) is 23.4 Å². The Morgan fingerprint density at radius 2 is 2.00 bits per heavy atom. The topological polar surface area (TPSA) is 70.6 Å². The molecule has 2 heterocycles. The van der Waals surface area contributed by atoms with Gasteiger partial charge in [-0.1, -0.05) is 12.8 Å². The number of nitrogens with zero attached hydrogens (tertiary/aromatic N) is 3. The first kappa shape index (κ1) is 16.9. The maximum atomic E-state index is 12.9. The summed E-state index contributed by atoms with van der Waals surface area (Å²) in [5, 5.41) is 0. The Morgan fingerprint density at radius 1 is 1.30 bits per heavy atom. The summed E-state index contributed by atoms with van der Waals surface area (Å²) in [5.41, 5.74) is 2.72. The molecule has 3 rings (SSSR count). The maximum Gasteiger partial charge on any atom is 0.265 e. The zero-order valence-electron chi connectivity index (χ0n) is 13.6. The third-order valence-corrected chi connectivity index (χ3v) is 7.04. The number of amides is 1. The Kier molecular flexibility index (Phi) is 4.75. The summed E-state index contributed by atoms with van der Waals surface area (Å²) in [4.78, 5) is 19.8. The number of sulfonamides is 1. The van der Waals surface area contributed by atoms with Crippen LogP contribution in [0.4, 0.5) is 0 Å². The lowest BCUT2D eigenvalue weighted by Gasteiger charge is -2.38. The molecule has 128 valence electrons. The van der Waals surface area contributed by atoms with Crippen LogP contribution in [0.1, 0.15) is 53.9 Å². The average Bonchev–Trinajstić information content (AvgIpc) is 3.15. The van der Waals surface area contributed by atoms with E-state index >= 15 is 0 Å². The molecule has 23 heavy (non-hydrogen) atoms. The van der Waals surface area contributed by atoms with Gasteiger partial charge in [0, 0.05) is 31.6 Å². The Bertz CT molecular complexity index is 680.